The lowest BCUT2D eigenvalue weighted by molar-refractivity contribution is -0.113. The summed E-state index contributed by atoms with van der Waals surface area (Å²) < 4.78 is 37.2. The molecular formula is C14H10Cl2FNO3S. The van der Waals surface area contributed by atoms with Crippen molar-refractivity contribution < 1.29 is 17.6 Å². The molecule has 8 heteroatoms. The molecule has 0 heterocycles. The van der Waals surface area contributed by atoms with Gasteiger partial charge in [-0.05, 0) is 42.5 Å². The van der Waals surface area contributed by atoms with Crippen LogP contribution in [0.2, 0.25) is 10.0 Å². The Hall–Kier alpha value is -1.63. The maximum absolute atomic E-state index is 13.0. The topological polar surface area (TPSA) is 63.2 Å². The highest BCUT2D eigenvalue weighted by atomic mass is 35.5. The number of sulfone groups is 1. The van der Waals surface area contributed by atoms with Crippen LogP contribution in [0, 0.1) is 5.82 Å². The Morgan fingerprint density at radius 3 is 2.32 bits per heavy atom. The maximum atomic E-state index is 13.0. The van der Waals surface area contributed by atoms with Crippen molar-refractivity contribution in [3.8, 4) is 0 Å². The molecule has 0 spiro atoms. The number of carbonyl (C=O) groups is 1. The number of benzene rings is 2. The minimum absolute atomic E-state index is 0.0100. The summed E-state index contributed by atoms with van der Waals surface area (Å²) in [5.74, 6) is -2.13. The Morgan fingerprint density at radius 2 is 1.73 bits per heavy atom. The van der Waals surface area contributed by atoms with Gasteiger partial charge in [-0.1, -0.05) is 23.2 Å². The van der Waals surface area contributed by atoms with Crippen molar-refractivity contribution in [1.82, 2.24) is 0 Å². The molecule has 4 nitrogen and oxygen atoms in total. The molecule has 0 aromatic heterocycles. The quantitative estimate of drug-likeness (QED) is 0.905. The molecule has 0 unspecified atom stereocenters. The minimum atomic E-state index is -3.79. The summed E-state index contributed by atoms with van der Waals surface area (Å²) in [6.45, 7) is 0. The molecule has 0 aliphatic carbocycles. The fourth-order valence-corrected chi connectivity index (χ4v) is 3.11. The van der Waals surface area contributed by atoms with Gasteiger partial charge in [0.15, 0.2) is 9.84 Å². The molecule has 1 amide bonds. The molecule has 0 fully saturated rings. The largest absolute Gasteiger partial charge is 0.325 e. The van der Waals surface area contributed by atoms with Crippen LogP contribution in [0.25, 0.3) is 0 Å². The smallest absolute Gasteiger partial charge is 0.239 e. The molecule has 0 saturated carbocycles. The molecular weight excluding hydrogens is 352 g/mol. The van der Waals surface area contributed by atoms with E-state index in [1.807, 2.05) is 0 Å². The Labute approximate surface area is 136 Å². The second-order valence-electron chi connectivity index (χ2n) is 4.39. The first-order valence-corrected chi connectivity index (χ1v) is 8.42. The Kier molecular flexibility index (Phi) is 5.05. The normalized spacial score (nSPS) is 11.2. The second-order valence-corrected chi connectivity index (χ2v) is 7.22. The van der Waals surface area contributed by atoms with Gasteiger partial charge >= 0.3 is 0 Å². The van der Waals surface area contributed by atoms with Crippen molar-refractivity contribution in [3.63, 3.8) is 0 Å². The number of rotatable bonds is 4. The van der Waals surface area contributed by atoms with Crippen molar-refractivity contribution in [2.45, 2.75) is 4.90 Å². The lowest BCUT2D eigenvalue weighted by Gasteiger charge is -2.07. The maximum Gasteiger partial charge on any atom is 0.239 e. The van der Waals surface area contributed by atoms with Gasteiger partial charge in [0.05, 0.1) is 9.92 Å². The molecule has 0 radical (unpaired) electrons. The third-order valence-electron chi connectivity index (χ3n) is 2.70. The summed E-state index contributed by atoms with van der Waals surface area (Å²) in [6.07, 6.45) is 0. The van der Waals surface area contributed by atoms with Crippen LogP contribution in [0.3, 0.4) is 0 Å². The summed E-state index contributed by atoms with van der Waals surface area (Å²) in [5.41, 5.74) is 0.211. The highest BCUT2D eigenvalue weighted by Gasteiger charge is 2.19. The first-order chi connectivity index (χ1) is 10.3. The molecule has 0 atom stereocenters. The third kappa shape index (κ3) is 4.19. The number of nitrogens with one attached hydrogen (secondary N) is 1. The second kappa shape index (κ2) is 6.64. The van der Waals surface area contributed by atoms with E-state index in [0.29, 0.717) is 5.02 Å². The van der Waals surface area contributed by atoms with E-state index in [9.17, 15) is 17.6 Å². The predicted molar refractivity (Wildman–Crippen MR) is 83.5 cm³/mol. The molecule has 2 aromatic rings. The van der Waals surface area contributed by atoms with E-state index in [4.69, 9.17) is 23.2 Å². The van der Waals surface area contributed by atoms with Gasteiger partial charge in [-0.25, -0.2) is 12.8 Å². The van der Waals surface area contributed by atoms with Gasteiger partial charge in [0.1, 0.15) is 11.6 Å². The molecule has 116 valence electrons. The highest BCUT2D eigenvalue weighted by molar-refractivity contribution is 7.92. The number of hydrogen-bond donors (Lipinski definition) is 1. The molecule has 2 rings (SSSR count). The van der Waals surface area contributed by atoms with Gasteiger partial charge < -0.3 is 5.32 Å². The SMILES string of the molecule is O=C(CS(=O)(=O)c1ccc(Cl)cc1)Nc1ccc(F)c(Cl)c1. The summed E-state index contributed by atoms with van der Waals surface area (Å²) in [6, 6.07) is 9.04. The van der Waals surface area contributed by atoms with Crippen LogP contribution < -0.4 is 5.32 Å². The van der Waals surface area contributed by atoms with Crippen molar-refractivity contribution >= 4 is 44.6 Å². The van der Waals surface area contributed by atoms with E-state index >= 15 is 0 Å². The third-order valence-corrected chi connectivity index (χ3v) is 4.87. The fourth-order valence-electron chi connectivity index (χ4n) is 1.67. The van der Waals surface area contributed by atoms with E-state index in [1.54, 1.807) is 0 Å². The summed E-state index contributed by atoms with van der Waals surface area (Å²) in [7, 11) is -3.79. The van der Waals surface area contributed by atoms with Crippen LogP contribution in [0.15, 0.2) is 47.4 Å². The van der Waals surface area contributed by atoms with Crippen LogP contribution in [-0.4, -0.2) is 20.1 Å². The van der Waals surface area contributed by atoms with Crippen LogP contribution >= 0.6 is 23.2 Å². The van der Waals surface area contributed by atoms with E-state index < -0.39 is 27.3 Å². The van der Waals surface area contributed by atoms with Gasteiger partial charge in [0.2, 0.25) is 5.91 Å². The number of carbonyl (C=O) groups excluding carboxylic acids is 1. The Balaban J connectivity index is 2.10. The van der Waals surface area contributed by atoms with Gasteiger partial charge in [-0.15, -0.1) is 0 Å². The van der Waals surface area contributed by atoms with Gasteiger partial charge in [-0.3, -0.25) is 4.79 Å². The van der Waals surface area contributed by atoms with Crippen LogP contribution in [-0.2, 0) is 14.6 Å². The standard InChI is InChI=1S/C14H10Cl2FNO3S/c15-9-1-4-11(5-2-9)22(20,21)8-14(19)18-10-3-6-13(17)12(16)7-10/h1-7H,8H2,(H,18,19). The molecule has 0 saturated heterocycles. The van der Waals surface area contributed by atoms with E-state index in [1.165, 1.54) is 36.4 Å². The lowest BCUT2D eigenvalue weighted by atomic mass is 10.3. The Morgan fingerprint density at radius 1 is 1.09 bits per heavy atom. The van der Waals surface area contributed by atoms with Crippen molar-refractivity contribution in [1.29, 1.82) is 0 Å². The summed E-state index contributed by atoms with van der Waals surface area (Å²) in [4.78, 5) is 11.8. The first kappa shape index (κ1) is 16.7. The van der Waals surface area contributed by atoms with Crippen LogP contribution in [0.1, 0.15) is 0 Å². The van der Waals surface area contributed by atoms with E-state index in [0.717, 1.165) is 6.07 Å². The average Bonchev–Trinajstić information content (AvgIpc) is 2.42. The molecule has 22 heavy (non-hydrogen) atoms. The summed E-state index contributed by atoms with van der Waals surface area (Å²) in [5, 5.41) is 2.58. The zero-order chi connectivity index (χ0) is 16.3. The fraction of sp³-hybridized carbons (Fsp3) is 0.0714. The van der Waals surface area contributed by atoms with Gasteiger partial charge in [-0.2, -0.15) is 0 Å². The Bertz CT molecular complexity index is 807. The van der Waals surface area contributed by atoms with E-state index in [2.05, 4.69) is 5.32 Å². The number of amides is 1. The molecule has 0 aliphatic rings. The van der Waals surface area contributed by atoms with Crippen molar-refractivity contribution in [3.05, 3.63) is 58.3 Å². The lowest BCUT2D eigenvalue weighted by Crippen LogP contribution is -2.23. The number of halogens is 3. The highest BCUT2D eigenvalue weighted by Crippen LogP contribution is 2.20. The minimum Gasteiger partial charge on any atom is -0.325 e. The molecule has 1 N–H and O–H groups in total. The van der Waals surface area contributed by atoms with E-state index in [-0.39, 0.29) is 15.6 Å². The zero-order valence-corrected chi connectivity index (χ0v) is 13.3. The van der Waals surface area contributed by atoms with Crippen LogP contribution in [0.4, 0.5) is 10.1 Å². The first-order valence-electron chi connectivity index (χ1n) is 6.01. The zero-order valence-electron chi connectivity index (χ0n) is 11.0. The molecule has 0 aliphatic heterocycles. The van der Waals surface area contributed by atoms with Crippen molar-refractivity contribution in [2.75, 3.05) is 11.1 Å². The average molecular weight is 362 g/mol. The summed E-state index contributed by atoms with van der Waals surface area (Å²) >= 11 is 11.3. The molecule has 2 aromatic carbocycles. The number of hydrogen-bond acceptors (Lipinski definition) is 3. The molecule has 0 bridgehead atoms. The van der Waals surface area contributed by atoms with Crippen LogP contribution in [0.5, 0.6) is 0 Å². The predicted octanol–water partition coefficient (Wildman–Crippen LogP) is 3.54. The van der Waals surface area contributed by atoms with Gasteiger partial charge in [0, 0.05) is 10.7 Å². The van der Waals surface area contributed by atoms with Crippen molar-refractivity contribution in [2.24, 2.45) is 0 Å². The monoisotopic (exact) mass is 361 g/mol. The van der Waals surface area contributed by atoms with Gasteiger partial charge in [0.25, 0.3) is 0 Å². The number of anilines is 1.